The van der Waals surface area contributed by atoms with E-state index in [0.29, 0.717) is 18.5 Å². The molecule has 100 valence electrons. The van der Waals surface area contributed by atoms with E-state index in [1.165, 1.54) is 18.4 Å². The predicted octanol–water partition coefficient (Wildman–Crippen LogP) is 2.55. The quantitative estimate of drug-likeness (QED) is 0.864. The van der Waals surface area contributed by atoms with E-state index < -0.39 is 0 Å². The van der Waals surface area contributed by atoms with Crippen LogP contribution in [0.2, 0.25) is 0 Å². The number of aromatic nitrogens is 2. The summed E-state index contributed by atoms with van der Waals surface area (Å²) in [5.41, 5.74) is 1.20. The van der Waals surface area contributed by atoms with Gasteiger partial charge in [0.1, 0.15) is 0 Å². The zero-order valence-corrected chi connectivity index (χ0v) is 11.2. The summed E-state index contributed by atoms with van der Waals surface area (Å²) in [5.74, 6) is 2.28. The van der Waals surface area contributed by atoms with Gasteiger partial charge in [0.25, 0.3) is 0 Å². The maximum absolute atomic E-state index is 5.26. The average molecular weight is 257 g/mol. The summed E-state index contributed by atoms with van der Waals surface area (Å²) in [6.45, 7) is 2.92. The highest BCUT2D eigenvalue weighted by molar-refractivity contribution is 5.18. The molecule has 0 saturated heterocycles. The summed E-state index contributed by atoms with van der Waals surface area (Å²) in [6.07, 6.45) is 3.26. The third-order valence-corrected chi connectivity index (χ3v) is 3.68. The highest BCUT2D eigenvalue weighted by atomic mass is 16.5. The van der Waals surface area contributed by atoms with Crippen LogP contribution in [-0.2, 0) is 13.0 Å². The molecular weight excluding hydrogens is 238 g/mol. The molecule has 3 rings (SSSR count). The standard InChI is InChI=1S/C15H19N3O/c1-2-12-9-13(12)16-10-15-17-14(18-19-15)8-11-6-4-3-5-7-11/h3-7,12-13,16H,2,8-10H2,1H3. The van der Waals surface area contributed by atoms with E-state index in [1.54, 1.807) is 0 Å². The van der Waals surface area contributed by atoms with Gasteiger partial charge in [0.05, 0.1) is 6.54 Å². The van der Waals surface area contributed by atoms with Crippen molar-refractivity contribution >= 4 is 0 Å². The Morgan fingerprint density at radius 1 is 1.32 bits per heavy atom. The molecule has 1 aliphatic carbocycles. The number of hydrogen-bond acceptors (Lipinski definition) is 4. The average Bonchev–Trinajstić information content (AvgIpc) is 3.08. The summed E-state index contributed by atoms with van der Waals surface area (Å²) in [4.78, 5) is 4.42. The molecule has 1 fully saturated rings. The number of nitrogens with one attached hydrogen (secondary N) is 1. The molecule has 19 heavy (non-hydrogen) atoms. The van der Waals surface area contributed by atoms with Gasteiger partial charge in [0, 0.05) is 12.5 Å². The lowest BCUT2D eigenvalue weighted by molar-refractivity contribution is 0.361. The van der Waals surface area contributed by atoms with Gasteiger partial charge in [0.15, 0.2) is 5.82 Å². The SMILES string of the molecule is CCC1CC1NCc1nc(Cc2ccccc2)no1. The first-order chi connectivity index (χ1) is 9.35. The minimum Gasteiger partial charge on any atom is -0.338 e. The number of hydrogen-bond donors (Lipinski definition) is 1. The first-order valence-electron chi connectivity index (χ1n) is 6.94. The molecule has 1 aromatic carbocycles. The van der Waals surface area contributed by atoms with Gasteiger partial charge in [0.2, 0.25) is 5.89 Å². The van der Waals surface area contributed by atoms with Gasteiger partial charge in [-0.1, -0.05) is 48.8 Å². The van der Waals surface area contributed by atoms with E-state index in [1.807, 2.05) is 18.2 Å². The summed E-state index contributed by atoms with van der Waals surface area (Å²) in [5, 5.41) is 7.48. The lowest BCUT2D eigenvalue weighted by Gasteiger charge is -1.98. The second-order valence-electron chi connectivity index (χ2n) is 5.16. The predicted molar refractivity (Wildman–Crippen MR) is 72.6 cm³/mol. The molecule has 0 bridgehead atoms. The molecule has 0 amide bonds. The van der Waals surface area contributed by atoms with Crippen molar-refractivity contribution < 1.29 is 4.52 Å². The van der Waals surface area contributed by atoms with Crippen LogP contribution in [0.15, 0.2) is 34.9 Å². The number of nitrogens with zero attached hydrogens (tertiary/aromatic N) is 2. The van der Waals surface area contributed by atoms with Gasteiger partial charge < -0.3 is 9.84 Å². The molecule has 2 unspecified atom stereocenters. The molecular formula is C15H19N3O. The van der Waals surface area contributed by atoms with Crippen LogP contribution in [0.3, 0.4) is 0 Å². The Hall–Kier alpha value is -1.68. The van der Waals surface area contributed by atoms with E-state index in [-0.39, 0.29) is 0 Å². The van der Waals surface area contributed by atoms with Crippen LogP contribution in [-0.4, -0.2) is 16.2 Å². The molecule has 2 atom stereocenters. The van der Waals surface area contributed by atoms with Crippen molar-refractivity contribution in [2.45, 2.75) is 38.8 Å². The highest BCUT2D eigenvalue weighted by Crippen LogP contribution is 2.33. The molecule has 0 spiro atoms. The minimum absolute atomic E-state index is 0.648. The summed E-state index contributed by atoms with van der Waals surface area (Å²) in [7, 11) is 0. The first kappa shape index (κ1) is 12.4. The molecule has 4 heteroatoms. The zero-order valence-electron chi connectivity index (χ0n) is 11.2. The Bertz CT molecular complexity index is 523. The van der Waals surface area contributed by atoms with Crippen LogP contribution >= 0.6 is 0 Å². The van der Waals surface area contributed by atoms with Gasteiger partial charge in [-0.15, -0.1) is 0 Å². The van der Waals surface area contributed by atoms with Crippen molar-refractivity contribution in [2.75, 3.05) is 0 Å². The topological polar surface area (TPSA) is 51.0 Å². The van der Waals surface area contributed by atoms with Crippen LogP contribution in [0.1, 0.15) is 37.0 Å². The minimum atomic E-state index is 0.648. The molecule has 2 aromatic rings. The summed E-state index contributed by atoms with van der Waals surface area (Å²) in [6, 6.07) is 10.9. The lowest BCUT2D eigenvalue weighted by atomic mass is 10.1. The maximum Gasteiger partial charge on any atom is 0.240 e. The van der Waals surface area contributed by atoms with Crippen LogP contribution < -0.4 is 5.32 Å². The van der Waals surface area contributed by atoms with Gasteiger partial charge in [-0.3, -0.25) is 0 Å². The fourth-order valence-electron chi connectivity index (χ4n) is 2.38. The van der Waals surface area contributed by atoms with Crippen molar-refractivity contribution in [3.8, 4) is 0 Å². The van der Waals surface area contributed by atoms with Crippen LogP contribution in [0.4, 0.5) is 0 Å². The molecule has 1 aliphatic rings. The summed E-state index contributed by atoms with van der Waals surface area (Å²) >= 11 is 0. The van der Waals surface area contributed by atoms with E-state index in [9.17, 15) is 0 Å². The molecule has 1 N–H and O–H groups in total. The molecule has 1 saturated carbocycles. The second kappa shape index (κ2) is 5.53. The summed E-state index contributed by atoms with van der Waals surface area (Å²) < 4.78 is 5.26. The van der Waals surface area contributed by atoms with Crippen molar-refractivity contribution in [3.63, 3.8) is 0 Å². The van der Waals surface area contributed by atoms with E-state index in [4.69, 9.17) is 4.52 Å². The maximum atomic E-state index is 5.26. The van der Waals surface area contributed by atoms with Gasteiger partial charge >= 0.3 is 0 Å². The number of benzene rings is 1. The monoisotopic (exact) mass is 257 g/mol. The van der Waals surface area contributed by atoms with E-state index >= 15 is 0 Å². The van der Waals surface area contributed by atoms with Gasteiger partial charge in [-0.05, 0) is 17.9 Å². The Labute approximate surface area is 113 Å². The normalized spacial score (nSPS) is 21.5. The first-order valence-corrected chi connectivity index (χ1v) is 6.94. The third-order valence-electron chi connectivity index (χ3n) is 3.68. The zero-order chi connectivity index (χ0) is 13.1. The highest BCUT2D eigenvalue weighted by Gasteiger charge is 2.34. The molecule has 0 radical (unpaired) electrons. The molecule has 0 aliphatic heterocycles. The van der Waals surface area contributed by atoms with Crippen LogP contribution in [0.25, 0.3) is 0 Å². The molecule has 1 heterocycles. The van der Waals surface area contributed by atoms with Gasteiger partial charge in [-0.2, -0.15) is 4.98 Å². The van der Waals surface area contributed by atoms with E-state index in [0.717, 1.165) is 18.2 Å². The van der Waals surface area contributed by atoms with Crippen molar-refractivity contribution in [1.82, 2.24) is 15.5 Å². The Kier molecular flexibility index (Phi) is 3.60. The molecule has 4 nitrogen and oxygen atoms in total. The second-order valence-corrected chi connectivity index (χ2v) is 5.16. The smallest absolute Gasteiger partial charge is 0.240 e. The number of rotatable bonds is 6. The van der Waals surface area contributed by atoms with E-state index in [2.05, 4.69) is 34.5 Å². The Morgan fingerprint density at radius 2 is 2.16 bits per heavy atom. The lowest BCUT2D eigenvalue weighted by Crippen LogP contribution is -2.17. The van der Waals surface area contributed by atoms with Crippen LogP contribution in [0.5, 0.6) is 0 Å². The van der Waals surface area contributed by atoms with Crippen molar-refractivity contribution in [2.24, 2.45) is 5.92 Å². The van der Waals surface area contributed by atoms with Crippen molar-refractivity contribution in [3.05, 3.63) is 47.6 Å². The fraction of sp³-hybridized carbons (Fsp3) is 0.467. The molecule has 1 aromatic heterocycles. The van der Waals surface area contributed by atoms with Crippen LogP contribution in [0, 0.1) is 5.92 Å². The van der Waals surface area contributed by atoms with Gasteiger partial charge in [-0.25, -0.2) is 0 Å². The largest absolute Gasteiger partial charge is 0.338 e. The fourth-order valence-corrected chi connectivity index (χ4v) is 2.38. The Morgan fingerprint density at radius 3 is 2.89 bits per heavy atom. The third kappa shape index (κ3) is 3.20. The Balaban J connectivity index is 1.52. The van der Waals surface area contributed by atoms with Crippen molar-refractivity contribution in [1.29, 1.82) is 0 Å².